The fourth-order valence-electron chi connectivity index (χ4n) is 2.55. The van der Waals surface area contributed by atoms with Crippen LogP contribution in [0.5, 0.6) is 0 Å². The number of hydrogen-bond acceptors (Lipinski definition) is 1. The van der Waals surface area contributed by atoms with E-state index in [1.54, 1.807) is 4.90 Å². The lowest BCUT2D eigenvalue weighted by Crippen LogP contribution is -2.30. The molecule has 0 N–H and O–H groups in total. The van der Waals surface area contributed by atoms with Gasteiger partial charge >= 0.3 is 0 Å². The molecule has 0 atom stereocenters. The molecule has 0 aromatic heterocycles. The summed E-state index contributed by atoms with van der Waals surface area (Å²) < 4.78 is 0. The molecule has 3 aromatic rings. The Morgan fingerprint density at radius 2 is 1.33 bits per heavy atom. The number of carbonyl (C=O) groups excluding carboxylic acids is 1. The average molecular weight is 336 g/mol. The summed E-state index contributed by atoms with van der Waals surface area (Å²) in [5, 5.41) is 0. The summed E-state index contributed by atoms with van der Waals surface area (Å²) in [6, 6.07) is 27.2. The van der Waals surface area contributed by atoms with E-state index in [4.69, 9.17) is 11.6 Å². The maximum atomic E-state index is 13.0. The lowest BCUT2D eigenvalue weighted by atomic mass is 10.1. The molecule has 0 heterocycles. The maximum absolute atomic E-state index is 13.0. The summed E-state index contributed by atoms with van der Waals surface area (Å²) in [6.45, 7) is 0.529. The van der Waals surface area contributed by atoms with E-state index in [-0.39, 0.29) is 5.91 Å². The molecule has 3 aromatic carbocycles. The van der Waals surface area contributed by atoms with Gasteiger partial charge in [0.25, 0.3) is 5.91 Å². The van der Waals surface area contributed by atoms with Crippen molar-refractivity contribution in [1.82, 2.24) is 0 Å². The van der Waals surface area contributed by atoms with Crippen molar-refractivity contribution in [2.24, 2.45) is 0 Å². The van der Waals surface area contributed by atoms with Crippen LogP contribution >= 0.6 is 11.6 Å². The van der Waals surface area contributed by atoms with Crippen molar-refractivity contribution in [3.63, 3.8) is 0 Å². The van der Waals surface area contributed by atoms with Crippen molar-refractivity contribution in [3.8, 4) is 0 Å². The van der Waals surface area contributed by atoms with Crippen LogP contribution in [0.1, 0.15) is 21.5 Å². The second-order valence-electron chi connectivity index (χ2n) is 5.54. The van der Waals surface area contributed by atoms with Crippen LogP contribution in [0, 0.1) is 0 Å². The van der Waals surface area contributed by atoms with E-state index in [2.05, 4.69) is 0 Å². The molecule has 0 aliphatic rings. The van der Waals surface area contributed by atoms with Gasteiger partial charge in [-0.15, -0.1) is 11.6 Å². The first-order valence-electron chi connectivity index (χ1n) is 7.83. The first kappa shape index (κ1) is 16.3. The van der Waals surface area contributed by atoms with Gasteiger partial charge in [0.2, 0.25) is 0 Å². The third kappa shape index (κ3) is 3.84. The number of hydrogen-bond donors (Lipinski definition) is 0. The molecule has 0 spiro atoms. The van der Waals surface area contributed by atoms with Crippen LogP contribution < -0.4 is 4.90 Å². The molecular formula is C21H18ClNO. The molecule has 2 nitrogen and oxygen atoms in total. The monoisotopic (exact) mass is 335 g/mol. The van der Waals surface area contributed by atoms with E-state index < -0.39 is 0 Å². The Hall–Kier alpha value is -2.58. The molecule has 0 radical (unpaired) electrons. The highest BCUT2D eigenvalue weighted by Gasteiger charge is 2.18. The Bertz CT molecular complexity index is 785. The van der Waals surface area contributed by atoms with Crippen LogP contribution in [0.4, 0.5) is 5.69 Å². The van der Waals surface area contributed by atoms with Crippen LogP contribution in [0.15, 0.2) is 84.9 Å². The summed E-state index contributed by atoms with van der Waals surface area (Å²) >= 11 is 5.83. The molecule has 120 valence electrons. The van der Waals surface area contributed by atoms with E-state index >= 15 is 0 Å². The molecule has 0 aliphatic heterocycles. The zero-order valence-corrected chi connectivity index (χ0v) is 14.0. The van der Waals surface area contributed by atoms with Gasteiger partial charge in [-0.25, -0.2) is 0 Å². The minimum absolute atomic E-state index is 0.0221. The van der Waals surface area contributed by atoms with Crippen molar-refractivity contribution in [3.05, 3.63) is 102 Å². The Labute approximate surface area is 147 Å². The predicted molar refractivity (Wildman–Crippen MR) is 99.4 cm³/mol. The number of benzene rings is 3. The summed E-state index contributed by atoms with van der Waals surface area (Å²) in [5.74, 6) is 0.423. The number of amides is 1. The topological polar surface area (TPSA) is 20.3 Å². The van der Waals surface area contributed by atoms with Gasteiger partial charge in [0.1, 0.15) is 0 Å². The van der Waals surface area contributed by atoms with Gasteiger partial charge in [-0.05, 0) is 35.4 Å². The minimum atomic E-state index is -0.0221. The quantitative estimate of drug-likeness (QED) is 0.581. The Morgan fingerprint density at radius 3 is 1.92 bits per heavy atom. The van der Waals surface area contributed by atoms with E-state index in [0.29, 0.717) is 18.0 Å². The third-order valence-corrected chi connectivity index (χ3v) is 4.16. The zero-order chi connectivity index (χ0) is 16.8. The zero-order valence-electron chi connectivity index (χ0n) is 13.2. The molecule has 0 saturated carbocycles. The van der Waals surface area contributed by atoms with Gasteiger partial charge < -0.3 is 4.90 Å². The van der Waals surface area contributed by atoms with Gasteiger partial charge in [0.15, 0.2) is 0 Å². The lowest BCUT2D eigenvalue weighted by Gasteiger charge is -2.23. The SMILES string of the molecule is O=C(c1ccc(CCl)cc1)N(Cc1ccccc1)c1ccccc1. The second-order valence-corrected chi connectivity index (χ2v) is 5.81. The van der Waals surface area contributed by atoms with Crippen LogP contribution in [-0.4, -0.2) is 5.91 Å². The van der Waals surface area contributed by atoms with Gasteiger partial charge in [0, 0.05) is 17.1 Å². The summed E-state index contributed by atoms with van der Waals surface area (Å²) in [4.78, 5) is 14.8. The van der Waals surface area contributed by atoms with Crippen LogP contribution in [0.2, 0.25) is 0 Å². The van der Waals surface area contributed by atoms with Gasteiger partial charge in [0.05, 0.1) is 6.54 Å². The number of alkyl halides is 1. The first-order valence-corrected chi connectivity index (χ1v) is 8.37. The molecule has 3 rings (SSSR count). The molecular weight excluding hydrogens is 318 g/mol. The largest absolute Gasteiger partial charge is 0.304 e. The standard InChI is InChI=1S/C21H18ClNO/c22-15-17-11-13-19(14-12-17)21(24)23(20-9-5-2-6-10-20)16-18-7-3-1-4-8-18/h1-14H,15-16H2. The highest BCUT2D eigenvalue weighted by molar-refractivity contribution is 6.17. The van der Waals surface area contributed by atoms with Crippen LogP contribution in [0.25, 0.3) is 0 Å². The van der Waals surface area contributed by atoms with Crippen LogP contribution in [-0.2, 0) is 12.4 Å². The van der Waals surface area contributed by atoms with E-state index in [1.807, 2.05) is 84.9 Å². The number of nitrogens with zero attached hydrogens (tertiary/aromatic N) is 1. The first-order chi connectivity index (χ1) is 11.8. The van der Waals surface area contributed by atoms with Crippen molar-refractivity contribution >= 4 is 23.2 Å². The summed E-state index contributed by atoms with van der Waals surface area (Å²) in [5.41, 5.74) is 3.63. The molecule has 1 amide bonds. The van der Waals surface area contributed by atoms with Crippen molar-refractivity contribution in [2.75, 3.05) is 4.90 Å². The Balaban J connectivity index is 1.92. The predicted octanol–water partition coefficient (Wildman–Crippen LogP) is 5.27. The highest BCUT2D eigenvalue weighted by atomic mass is 35.5. The molecule has 0 saturated heterocycles. The number of rotatable bonds is 5. The molecule has 0 aliphatic carbocycles. The second kappa shape index (κ2) is 7.80. The molecule has 3 heteroatoms. The summed E-state index contributed by atoms with van der Waals surface area (Å²) in [7, 11) is 0. The molecule has 24 heavy (non-hydrogen) atoms. The molecule has 0 bridgehead atoms. The third-order valence-electron chi connectivity index (χ3n) is 3.85. The fraction of sp³-hybridized carbons (Fsp3) is 0.0952. The maximum Gasteiger partial charge on any atom is 0.258 e. The van der Waals surface area contributed by atoms with E-state index in [0.717, 1.165) is 16.8 Å². The number of para-hydroxylation sites is 1. The van der Waals surface area contributed by atoms with Crippen molar-refractivity contribution in [2.45, 2.75) is 12.4 Å². The normalized spacial score (nSPS) is 10.4. The molecule has 0 unspecified atom stereocenters. The summed E-state index contributed by atoms with van der Waals surface area (Å²) in [6.07, 6.45) is 0. The van der Waals surface area contributed by atoms with Crippen molar-refractivity contribution in [1.29, 1.82) is 0 Å². The lowest BCUT2D eigenvalue weighted by molar-refractivity contribution is 0.0985. The number of carbonyl (C=O) groups is 1. The Morgan fingerprint density at radius 1 is 0.750 bits per heavy atom. The smallest absolute Gasteiger partial charge is 0.258 e. The Kier molecular flexibility index (Phi) is 5.29. The van der Waals surface area contributed by atoms with Gasteiger partial charge in [-0.1, -0.05) is 60.7 Å². The number of halogens is 1. The highest BCUT2D eigenvalue weighted by Crippen LogP contribution is 2.20. The number of anilines is 1. The van der Waals surface area contributed by atoms with Gasteiger partial charge in [-0.3, -0.25) is 4.79 Å². The fourth-order valence-corrected chi connectivity index (χ4v) is 2.72. The van der Waals surface area contributed by atoms with Gasteiger partial charge in [-0.2, -0.15) is 0 Å². The van der Waals surface area contributed by atoms with Crippen molar-refractivity contribution < 1.29 is 4.79 Å². The average Bonchev–Trinajstić information content (AvgIpc) is 2.67. The molecule has 0 fully saturated rings. The van der Waals surface area contributed by atoms with E-state index in [1.165, 1.54) is 0 Å². The minimum Gasteiger partial charge on any atom is -0.304 e. The van der Waals surface area contributed by atoms with Crippen LogP contribution in [0.3, 0.4) is 0 Å². The van der Waals surface area contributed by atoms with E-state index in [9.17, 15) is 4.79 Å².